The highest BCUT2D eigenvalue weighted by Crippen LogP contribution is 2.54. The first-order chi connectivity index (χ1) is 20.1. The Bertz CT molecular complexity index is 1560. The van der Waals surface area contributed by atoms with E-state index in [1.54, 1.807) is 29.2 Å². The summed E-state index contributed by atoms with van der Waals surface area (Å²) in [5.41, 5.74) is 12.1. The standard InChI is InChI=1S/C29H26ClF3N6O3.2H2/c30-17-4-1-15(2-5-17)18-8-25(34-9-26(18)42-14-29(31,32)33)28(41)39-12-21-19-10-38(11-20(19)22(21)13-39)27(40)16-3-6-23-24(7-16)36-37-35-23;;/h1-9,19-22,35-37H,10-14H2;2*1H/t19-,20+,21?,22?;;. The number of halogens is 4. The number of ether oxygens (including phenoxy) is 1. The quantitative estimate of drug-likeness (QED) is 0.370. The van der Waals surface area contributed by atoms with Gasteiger partial charge in [-0.1, -0.05) is 23.7 Å². The Kier molecular flexibility index (Phi) is 6.43. The lowest BCUT2D eigenvalue weighted by atomic mass is 9.60. The van der Waals surface area contributed by atoms with Crippen molar-refractivity contribution >= 4 is 34.8 Å². The van der Waals surface area contributed by atoms with E-state index in [9.17, 15) is 22.8 Å². The van der Waals surface area contributed by atoms with Crippen LogP contribution in [0.2, 0.25) is 5.02 Å². The Labute approximate surface area is 246 Å². The van der Waals surface area contributed by atoms with E-state index in [4.69, 9.17) is 16.3 Å². The van der Waals surface area contributed by atoms with Crippen LogP contribution in [0.3, 0.4) is 0 Å². The van der Waals surface area contributed by atoms with E-state index in [0.717, 1.165) is 11.4 Å². The fourth-order valence-corrected chi connectivity index (χ4v) is 6.92. The van der Waals surface area contributed by atoms with Gasteiger partial charge in [0.15, 0.2) is 6.61 Å². The van der Waals surface area contributed by atoms with Gasteiger partial charge in [0, 0.05) is 45.2 Å². The van der Waals surface area contributed by atoms with Crippen molar-refractivity contribution in [1.29, 1.82) is 0 Å². The lowest BCUT2D eigenvalue weighted by Crippen LogP contribution is -2.44. The molecule has 3 fully saturated rings. The molecule has 13 heteroatoms. The van der Waals surface area contributed by atoms with Crippen molar-refractivity contribution in [2.45, 2.75) is 6.18 Å². The van der Waals surface area contributed by atoms with Gasteiger partial charge in [0.1, 0.15) is 11.4 Å². The molecule has 1 aromatic heterocycles. The van der Waals surface area contributed by atoms with Crippen LogP contribution in [0, 0.1) is 23.7 Å². The molecule has 3 aliphatic heterocycles. The average molecular weight is 603 g/mol. The zero-order valence-electron chi connectivity index (χ0n) is 22.1. The third-order valence-electron chi connectivity index (χ3n) is 8.79. The van der Waals surface area contributed by atoms with E-state index in [0.29, 0.717) is 59.7 Å². The lowest BCUT2D eigenvalue weighted by Gasteiger charge is -2.42. The van der Waals surface area contributed by atoms with Crippen LogP contribution in [0.15, 0.2) is 54.7 Å². The first-order valence-electron chi connectivity index (χ1n) is 13.6. The van der Waals surface area contributed by atoms with Crippen molar-refractivity contribution in [3.63, 3.8) is 0 Å². The number of amides is 2. The maximum Gasteiger partial charge on any atom is 0.422 e. The molecule has 4 heterocycles. The summed E-state index contributed by atoms with van der Waals surface area (Å²) in [6.45, 7) is 0.933. The number of aromatic nitrogens is 1. The van der Waals surface area contributed by atoms with Gasteiger partial charge in [-0.05, 0) is 65.6 Å². The number of alkyl halides is 3. The van der Waals surface area contributed by atoms with Gasteiger partial charge >= 0.3 is 6.18 Å². The van der Waals surface area contributed by atoms with Crippen LogP contribution in [0.1, 0.15) is 23.7 Å². The highest BCUT2D eigenvalue weighted by Gasteiger charge is 2.59. The maximum absolute atomic E-state index is 13.5. The van der Waals surface area contributed by atoms with Crippen LogP contribution in [0.25, 0.3) is 11.1 Å². The molecule has 2 unspecified atom stereocenters. The first-order valence-corrected chi connectivity index (χ1v) is 14.0. The van der Waals surface area contributed by atoms with Crippen molar-refractivity contribution in [2.75, 3.05) is 43.6 Å². The second-order valence-corrected chi connectivity index (χ2v) is 11.6. The minimum atomic E-state index is -4.52. The molecule has 2 amide bonds. The molecule has 42 heavy (non-hydrogen) atoms. The molecular formula is C29H30ClF3N6O3. The molecule has 3 aromatic rings. The number of nitrogens with zero attached hydrogens (tertiary/aromatic N) is 3. The van der Waals surface area contributed by atoms with E-state index in [2.05, 4.69) is 21.4 Å². The summed E-state index contributed by atoms with van der Waals surface area (Å²) in [4.78, 5) is 34.7. The zero-order chi connectivity index (χ0) is 29.2. The van der Waals surface area contributed by atoms with Crippen molar-refractivity contribution in [1.82, 2.24) is 20.3 Å². The monoisotopic (exact) mass is 602 g/mol. The van der Waals surface area contributed by atoms with E-state index >= 15 is 0 Å². The number of hydrogen-bond acceptors (Lipinski definition) is 7. The van der Waals surface area contributed by atoms with Crippen LogP contribution in [-0.2, 0) is 0 Å². The fourth-order valence-electron chi connectivity index (χ4n) is 6.80. The Hall–Kier alpha value is -4.03. The predicted molar refractivity (Wildman–Crippen MR) is 153 cm³/mol. The number of pyridine rings is 1. The summed E-state index contributed by atoms with van der Waals surface area (Å²) in [6.07, 6.45) is -3.35. The first kappa shape index (κ1) is 26.8. The van der Waals surface area contributed by atoms with Gasteiger partial charge < -0.3 is 25.4 Å². The minimum absolute atomic E-state index is 0. The number of rotatable bonds is 5. The Morgan fingerprint density at radius 2 is 1.52 bits per heavy atom. The molecular weight excluding hydrogens is 573 g/mol. The summed E-state index contributed by atoms with van der Waals surface area (Å²) >= 11 is 6.00. The third kappa shape index (κ3) is 4.78. The van der Waals surface area contributed by atoms with Crippen molar-refractivity contribution < 1.29 is 30.4 Å². The molecule has 4 atom stereocenters. The Morgan fingerprint density at radius 1 is 0.905 bits per heavy atom. The van der Waals surface area contributed by atoms with Crippen molar-refractivity contribution in [3.8, 4) is 16.9 Å². The number of carbonyl (C=O) groups excluding carboxylic acids is 2. The largest absolute Gasteiger partial charge is 0.482 e. The maximum atomic E-state index is 13.5. The average Bonchev–Trinajstić information content (AvgIpc) is 3.70. The van der Waals surface area contributed by atoms with E-state index in [1.807, 2.05) is 23.1 Å². The highest BCUT2D eigenvalue weighted by atomic mass is 35.5. The lowest BCUT2D eigenvalue weighted by molar-refractivity contribution is -0.153. The number of anilines is 2. The summed E-state index contributed by atoms with van der Waals surface area (Å²) in [6, 6.07) is 13.5. The SMILES string of the molecule is O=C(c1ccc2c(c1)NNN2)N1C[C@@H]2C3CN(C(=O)c4cc(-c5ccc(Cl)cc5)c(OCC(F)(F)F)cn4)CC3[C@@H]2C1.[HH].[HH]. The molecule has 1 aliphatic carbocycles. The van der Waals surface area contributed by atoms with E-state index in [-0.39, 0.29) is 37.9 Å². The van der Waals surface area contributed by atoms with Gasteiger partial charge in [0.2, 0.25) is 0 Å². The van der Waals surface area contributed by atoms with Crippen molar-refractivity contribution in [2.24, 2.45) is 23.7 Å². The van der Waals surface area contributed by atoms with Crippen molar-refractivity contribution in [3.05, 3.63) is 71.0 Å². The molecule has 3 N–H and O–H groups in total. The number of hydrazine groups is 2. The van der Waals surface area contributed by atoms with Gasteiger partial charge in [-0.2, -0.15) is 13.2 Å². The molecule has 2 aromatic carbocycles. The molecule has 2 saturated heterocycles. The smallest absolute Gasteiger partial charge is 0.422 e. The zero-order valence-corrected chi connectivity index (χ0v) is 22.9. The molecule has 222 valence electrons. The summed E-state index contributed by atoms with van der Waals surface area (Å²) in [7, 11) is 0. The number of benzene rings is 2. The van der Waals surface area contributed by atoms with E-state index in [1.165, 1.54) is 12.3 Å². The molecule has 4 aliphatic rings. The second kappa shape index (κ2) is 10.1. The van der Waals surface area contributed by atoms with Gasteiger partial charge in [0.25, 0.3) is 11.8 Å². The normalized spacial score (nSPS) is 23.8. The number of likely N-dealkylation sites (tertiary alicyclic amines) is 2. The molecule has 0 radical (unpaired) electrons. The molecule has 7 rings (SSSR count). The van der Waals surface area contributed by atoms with Crippen LogP contribution >= 0.6 is 11.6 Å². The minimum Gasteiger partial charge on any atom is -0.482 e. The van der Waals surface area contributed by atoms with Crippen LogP contribution < -0.4 is 21.1 Å². The molecule has 0 spiro atoms. The molecule has 0 bridgehead atoms. The van der Waals surface area contributed by atoms with Gasteiger partial charge in [-0.3, -0.25) is 9.59 Å². The summed E-state index contributed by atoms with van der Waals surface area (Å²) in [5.74, 6) is 0.874. The van der Waals surface area contributed by atoms with Gasteiger partial charge in [0.05, 0.1) is 17.6 Å². The van der Waals surface area contributed by atoms with Gasteiger partial charge in [-0.25, -0.2) is 4.98 Å². The van der Waals surface area contributed by atoms with Crippen LogP contribution in [0.4, 0.5) is 24.5 Å². The third-order valence-corrected chi connectivity index (χ3v) is 9.04. The molecule has 1 saturated carbocycles. The summed E-state index contributed by atoms with van der Waals surface area (Å²) in [5, 5.41) is 0.471. The fraction of sp³-hybridized carbons (Fsp3) is 0.345. The Morgan fingerprint density at radius 3 is 2.17 bits per heavy atom. The number of carbonyl (C=O) groups is 2. The Balaban J connectivity index is 0.00000192. The highest BCUT2D eigenvalue weighted by molar-refractivity contribution is 6.30. The second-order valence-electron chi connectivity index (χ2n) is 11.2. The predicted octanol–water partition coefficient (Wildman–Crippen LogP) is 5.18. The summed E-state index contributed by atoms with van der Waals surface area (Å²) < 4.78 is 43.6. The van der Waals surface area contributed by atoms with Crippen LogP contribution in [0.5, 0.6) is 5.75 Å². The van der Waals surface area contributed by atoms with E-state index < -0.39 is 12.8 Å². The molecule has 9 nitrogen and oxygen atoms in total. The number of fused-ring (bicyclic) bond motifs is 5. The van der Waals surface area contributed by atoms with Crippen LogP contribution in [-0.4, -0.2) is 65.6 Å². The van der Waals surface area contributed by atoms with Gasteiger partial charge in [-0.15, -0.1) is 5.53 Å². The number of nitrogens with one attached hydrogen (secondary N) is 3. The topological polar surface area (TPSA) is 98.8 Å². The number of hydrogen-bond donors (Lipinski definition) is 3.